The van der Waals surface area contributed by atoms with E-state index < -0.39 is 11.5 Å². The van der Waals surface area contributed by atoms with Crippen molar-refractivity contribution in [3.63, 3.8) is 0 Å². The summed E-state index contributed by atoms with van der Waals surface area (Å²) in [6.45, 7) is 4.49. The van der Waals surface area contributed by atoms with Gasteiger partial charge in [0, 0.05) is 25.1 Å². The molecule has 1 N–H and O–H groups in total. The van der Waals surface area contributed by atoms with Crippen LogP contribution in [0.15, 0.2) is 35.5 Å². The number of aromatic carboxylic acids is 1. The molecule has 0 saturated carbocycles. The molecule has 7 nitrogen and oxygen atoms in total. The fourth-order valence-electron chi connectivity index (χ4n) is 1.77. The molecule has 0 unspecified atom stereocenters. The van der Waals surface area contributed by atoms with Gasteiger partial charge in [0.2, 0.25) is 0 Å². The number of aromatic nitrogens is 3. The van der Waals surface area contributed by atoms with Crippen molar-refractivity contribution >= 4 is 5.97 Å². The predicted molar refractivity (Wildman–Crippen MR) is 74.6 cm³/mol. The highest BCUT2D eigenvalue weighted by atomic mass is 16.5. The number of carboxylic acids is 1. The molecule has 0 spiro atoms. The second-order valence-corrected chi connectivity index (χ2v) is 4.84. The summed E-state index contributed by atoms with van der Waals surface area (Å²) in [5, 5.41) is 9.04. The van der Waals surface area contributed by atoms with E-state index in [1.807, 2.05) is 13.8 Å². The molecule has 0 radical (unpaired) electrons. The maximum absolute atomic E-state index is 12.2. The molecule has 2 heterocycles. The first kappa shape index (κ1) is 14.7. The van der Waals surface area contributed by atoms with Gasteiger partial charge >= 0.3 is 11.5 Å². The number of rotatable bonds is 5. The molecule has 0 atom stereocenters. The van der Waals surface area contributed by atoms with Gasteiger partial charge in [-0.1, -0.05) is 13.8 Å². The van der Waals surface area contributed by atoms with Gasteiger partial charge < -0.3 is 14.4 Å². The molecule has 0 bridgehead atoms. The van der Waals surface area contributed by atoms with Crippen molar-refractivity contribution in [3.8, 4) is 11.6 Å². The number of ether oxygens (including phenoxy) is 1. The van der Waals surface area contributed by atoms with Crippen molar-refractivity contribution < 1.29 is 14.6 Å². The number of carboxylic acid groups (broad SMARTS) is 1. The largest absolute Gasteiger partial charge is 0.476 e. The second-order valence-electron chi connectivity index (χ2n) is 4.84. The summed E-state index contributed by atoms with van der Waals surface area (Å²) in [7, 11) is 0. The van der Waals surface area contributed by atoms with Crippen molar-refractivity contribution in [2.24, 2.45) is 5.92 Å². The van der Waals surface area contributed by atoms with E-state index in [4.69, 9.17) is 9.84 Å². The van der Waals surface area contributed by atoms with E-state index in [0.29, 0.717) is 6.54 Å². The maximum atomic E-state index is 12.2. The summed E-state index contributed by atoms with van der Waals surface area (Å²) in [5.41, 5.74) is -0.677. The van der Waals surface area contributed by atoms with Gasteiger partial charge in [0.05, 0.1) is 0 Å². The van der Waals surface area contributed by atoms with Crippen LogP contribution >= 0.6 is 0 Å². The Morgan fingerprint density at radius 3 is 2.81 bits per heavy atom. The van der Waals surface area contributed by atoms with Crippen LogP contribution in [-0.2, 0) is 6.54 Å². The molecule has 21 heavy (non-hydrogen) atoms. The molecular formula is C14H15N3O4. The lowest BCUT2D eigenvalue weighted by atomic mass is 10.2. The SMILES string of the molecule is CC(C)Cn1ccnc(Oc2cccnc2C(=O)O)c1=O. The highest BCUT2D eigenvalue weighted by molar-refractivity contribution is 5.88. The maximum Gasteiger partial charge on any atom is 0.358 e. The van der Waals surface area contributed by atoms with Crippen LogP contribution in [0.2, 0.25) is 0 Å². The molecule has 0 aromatic carbocycles. The number of carbonyl (C=O) groups is 1. The lowest BCUT2D eigenvalue weighted by molar-refractivity contribution is 0.0687. The molecule has 2 rings (SSSR count). The van der Waals surface area contributed by atoms with Gasteiger partial charge in [0.1, 0.15) is 0 Å². The van der Waals surface area contributed by atoms with Gasteiger partial charge in [-0.25, -0.2) is 14.8 Å². The Kier molecular flexibility index (Phi) is 4.32. The third kappa shape index (κ3) is 3.44. The van der Waals surface area contributed by atoms with Crippen molar-refractivity contribution in [2.45, 2.75) is 20.4 Å². The molecule has 0 aliphatic carbocycles. The van der Waals surface area contributed by atoms with E-state index in [1.54, 1.807) is 6.20 Å². The average Bonchev–Trinajstić information content (AvgIpc) is 2.43. The zero-order chi connectivity index (χ0) is 15.4. The first-order chi connectivity index (χ1) is 9.99. The van der Waals surface area contributed by atoms with Gasteiger partial charge in [-0.3, -0.25) is 4.79 Å². The van der Waals surface area contributed by atoms with Crippen LogP contribution in [0.5, 0.6) is 11.6 Å². The Morgan fingerprint density at radius 1 is 1.38 bits per heavy atom. The molecule has 0 fully saturated rings. The van der Waals surface area contributed by atoms with E-state index in [1.165, 1.54) is 29.1 Å². The summed E-state index contributed by atoms with van der Waals surface area (Å²) in [4.78, 5) is 30.8. The standard InChI is InChI=1S/C14H15N3O4/c1-9(2)8-17-7-6-16-12(13(17)18)21-10-4-3-5-15-11(10)14(19)20/h3-7,9H,8H2,1-2H3,(H,19,20). The lowest BCUT2D eigenvalue weighted by Gasteiger charge is -2.10. The number of hydrogen-bond donors (Lipinski definition) is 1. The number of pyridine rings is 1. The monoisotopic (exact) mass is 289 g/mol. The van der Waals surface area contributed by atoms with Crippen molar-refractivity contribution in [1.82, 2.24) is 14.5 Å². The van der Waals surface area contributed by atoms with Gasteiger partial charge in [-0.2, -0.15) is 0 Å². The first-order valence-electron chi connectivity index (χ1n) is 6.40. The van der Waals surface area contributed by atoms with Gasteiger partial charge in [0.15, 0.2) is 11.4 Å². The van der Waals surface area contributed by atoms with Crippen LogP contribution in [0, 0.1) is 5.92 Å². The van der Waals surface area contributed by atoms with E-state index >= 15 is 0 Å². The Balaban J connectivity index is 2.37. The third-order valence-electron chi connectivity index (χ3n) is 2.62. The Labute approximate surface area is 120 Å². The van der Waals surface area contributed by atoms with Crippen LogP contribution in [0.4, 0.5) is 0 Å². The van der Waals surface area contributed by atoms with Crippen molar-refractivity contribution in [1.29, 1.82) is 0 Å². The minimum absolute atomic E-state index is 0.0168. The Morgan fingerprint density at radius 2 is 2.14 bits per heavy atom. The summed E-state index contributed by atoms with van der Waals surface area (Å²) in [6.07, 6.45) is 4.35. The quantitative estimate of drug-likeness (QED) is 0.901. The van der Waals surface area contributed by atoms with Gasteiger partial charge in [-0.05, 0) is 18.1 Å². The molecule has 0 aliphatic rings. The number of hydrogen-bond acceptors (Lipinski definition) is 5. The Bertz CT molecular complexity index is 709. The first-order valence-corrected chi connectivity index (χ1v) is 6.40. The van der Waals surface area contributed by atoms with Crippen LogP contribution in [0.1, 0.15) is 24.3 Å². The van der Waals surface area contributed by atoms with Crippen LogP contribution in [0.25, 0.3) is 0 Å². The summed E-state index contributed by atoms with van der Waals surface area (Å²) in [6, 6.07) is 2.95. The number of nitrogens with zero attached hydrogens (tertiary/aromatic N) is 3. The molecule has 0 amide bonds. The topological polar surface area (TPSA) is 94.3 Å². The molecule has 0 saturated heterocycles. The summed E-state index contributed by atoms with van der Waals surface area (Å²) < 4.78 is 6.81. The molecule has 2 aromatic rings. The minimum Gasteiger partial charge on any atom is -0.476 e. The third-order valence-corrected chi connectivity index (χ3v) is 2.62. The van der Waals surface area contributed by atoms with Crippen molar-refractivity contribution in [2.75, 3.05) is 0 Å². The predicted octanol–water partition coefficient (Wildman–Crippen LogP) is 1.78. The molecule has 7 heteroatoms. The zero-order valence-corrected chi connectivity index (χ0v) is 11.7. The van der Waals surface area contributed by atoms with E-state index in [9.17, 15) is 9.59 Å². The highest BCUT2D eigenvalue weighted by Crippen LogP contribution is 2.19. The fraction of sp³-hybridized carbons (Fsp3) is 0.286. The molecule has 0 aliphatic heterocycles. The van der Waals surface area contributed by atoms with Crippen LogP contribution in [-0.4, -0.2) is 25.6 Å². The molecule has 110 valence electrons. The van der Waals surface area contributed by atoms with Crippen molar-refractivity contribution in [3.05, 3.63) is 46.8 Å². The molecular weight excluding hydrogens is 274 g/mol. The van der Waals surface area contributed by atoms with Gasteiger partial charge in [-0.15, -0.1) is 0 Å². The Hall–Kier alpha value is -2.70. The van der Waals surface area contributed by atoms with Gasteiger partial charge in [0.25, 0.3) is 5.88 Å². The summed E-state index contributed by atoms with van der Waals surface area (Å²) in [5.74, 6) is -1.14. The smallest absolute Gasteiger partial charge is 0.358 e. The fourth-order valence-corrected chi connectivity index (χ4v) is 1.77. The molecule has 2 aromatic heterocycles. The zero-order valence-electron chi connectivity index (χ0n) is 11.7. The summed E-state index contributed by atoms with van der Waals surface area (Å²) >= 11 is 0. The van der Waals surface area contributed by atoms with Crippen LogP contribution in [0.3, 0.4) is 0 Å². The lowest BCUT2D eigenvalue weighted by Crippen LogP contribution is -2.23. The second kappa shape index (κ2) is 6.17. The van der Waals surface area contributed by atoms with E-state index in [0.717, 1.165) is 0 Å². The minimum atomic E-state index is -1.23. The van der Waals surface area contributed by atoms with Crippen LogP contribution < -0.4 is 10.3 Å². The average molecular weight is 289 g/mol. The highest BCUT2D eigenvalue weighted by Gasteiger charge is 2.16. The normalized spacial score (nSPS) is 10.6. The van der Waals surface area contributed by atoms with E-state index in [2.05, 4.69) is 9.97 Å². The van der Waals surface area contributed by atoms with E-state index in [-0.39, 0.29) is 23.2 Å².